The molecule has 0 fully saturated rings. The van der Waals surface area contributed by atoms with E-state index in [1.807, 2.05) is 18.2 Å². The van der Waals surface area contributed by atoms with Gasteiger partial charge in [-0.1, -0.05) is 18.2 Å². The number of nitrogens with one attached hydrogen (secondary N) is 1. The van der Waals surface area contributed by atoms with E-state index < -0.39 is 10.0 Å². The number of pyridine rings is 1. The molecule has 0 saturated carbocycles. The zero-order valence-corrected chi connectivity index (χ0v) is 14.5. The Balaban J connectivity index is 1.54. The first-order valence-electron chi connectivity index (χ1n) is 7.94. The molecule has 0 aliphatic heterocycles. The summed E-state index contributed by atoms with van der Waals surface area (Å²) in [6, 6.07) is 16.0. The van der Waals surface area contributed by atoms with Gasteiger partial charge in [0.2, 0.25) is 10.0 Å². The van der Waals surface area contributed by atoms with Crippen molar-refractivity contribution in [2.45, 2.75) is 11.4 Å². The van der Waals surface area contributed by atoms with Crippen LogP contribution in [0.15, 0.2) is 82.7 Å². The van der Waals surface area contributed by atoms with Crippen LogP contribution in [0.2, 0.25) is 0 Å². The lowest BCUT2D eigenvalue weighted by atomic mass is 10.1. The predicted octanol–water partition coefficient (Wildman–Crippen LogP) is 3.37. The van der Waals surface area contributed by atoms with Crippen molar-refractivity contribution in [1.29, 1.82) is 0 Å². The van der Waals surface area contributed by atoms with Crippen molar-refractivity contribution in [2.75, 3.05) is 0 Å². The standard InChI is InChI=1S/C19H15N3O3S/c23-26(24,22-12-14-7-9-20-10-8-14)17-4-1-15(2-5-17)16-3-6-18-19(11-16)25-13-21-18/h1-11,13,22H,12H2. The molecule has 0 bridgehead atoms. The van der Waals surface area contributed by atoms with Crippen LogP contribution in [0.3, 0.4) is 0 Å². The van der Waals surface area contributed by atoms with E-state index in [1.54, 1.807) is 48.8 Å². The molecular formula is C19H15N3O3S. The summed E-state index contributed by atoms with van der Waals surface area (Å²) in [6.45, 7) is 0.217. The Hall–Kier alpha value is -3.03. The Labute approximate surface area is 150 Å². The molecule has 1 N–H and O–H groups in total. The van der Waals surface area contributed by atoms with Crippen LogP contribution in [0.5, 0.6) is 0 Å². The fourth-order valence-electron chi connectivity index (χ4n) is 2.62. The summed E-state index contributed by atoms with van der Waals surface area (Å²) in [6.07, 6.45) is 4.66. The molecule has 0 aliphatic carbocycles. The molecule has 2 aromatic heterocycles. The van der Waals surface area contributed by atoms with Crippen molar-refractivity contribution in [1.82, 2.24) is 14.7 Å². The van der Waals surface area contributed by atoms with Crippen LogP contribution in [0.4, 0.5) is 0 Å². The van der Waals surface area contributed by atoms with E-state index in [1.165, 1.54) is 6.39 Å². The van der Waals surface area contributed by atoms with Crippen LogP contribution in [0.25, 0.3) is 22.2 Å². The van der Waals surface area contributed by atoms with Crippen LogP contribution in [-0.2, 0) is 16.6 Å². The summed E-state index contributed by atoms with van der Waals surface area (Å²) in [5.41, 5.74) is 4.16. The fourth-order valence-corrected chi connectivity index (χ4v) is 3.64. The minimum absolute atomic E-state index is 0.217. The van der Waals surface area contributed by atoms with E-state index in [0.717, 1.165) is 22.2 Å². The van der Waals surface area contributed by atoms with Gasteiger partial charge < -0.3 is 4.42 Å². The monoisotopic (exact) mass is 365 g/mol. The number of hydrogen-bond acceptors (Lipinski definition) is 5. The maximum absolute atomic E-state index is 12.4. The van der Waals surface area contributed by atoms with Gasteiger partial charge in [0.15, 0.2) is 12.0 Å². The number of hydrogen-bond donors (Lipinski definition) is 1. The molecular weight excluding hydrogens is 350 g/mol. The molecule has 4 rings (SSSR count). The number of oxazole rings is 1. The van der Waals surface area contributed by atoms with Crippen molar-refractivity contribution < 1.29 is 12.8 Å². The summed E-state index contributed by atoms with van der Waals surface area (Å²) in [5, 5.41) is 0. The molecule has 0 amide bonds. The van der Waals surface area contributed by atoms with E-state index in [2.05, 4.69) is 14.7 Å². The highest BCUT2D eigenvalue weighted by Gasteiger charge is 2.14. The lowest BCUT2D eigenvalue weighted by molar-refractivity contribution is 0.581. The number of fused-ring (bicyclic) bond motifs is 1. The Kier molecular flexibility index (Phi) is 4.24. The third-order valence-electron chi connectivity index (χ3n) is 4.04. The van der Waals surface area contributed by atoms with Crippen LogP contribution in [0, 0.1) is 0 Å². The quantitative estimate of drug-likeness (QED) is 0.586. The smallest absolute Gasteiger partial charge is 0.240 e. The van der Waals surface area contributed by atoms with Gasteiger partial charge in [-0.15, -0.1) is 0 Å². The molecule has 130 valence electrons. The molecule has 26 heavy (non-hydrogen) atoms. The van der Waals surface area contributed by atoms with Crippen molar-refractivity contribution >= 4 is 21.1 Å². The van der Waals surface area contributed by atoms with Crippen molar-refractivity contribution in [3.63, 3.8) is 0 Å². The second-order valence-corrected chi connectivity index (χ2v) is 7.51. The van der Waals surface area contributed by atoms with Gasteiger partial charge in [0, 0.05) is 18.9 Å². The Morgan fingerprint density at radius 3 is 2.42 bits per heavy atom. The summed E-state index contributed by atoms with van der Waals surface area (Å²) in [5.74, 6) is 0. The van der Waals surface area contributed by atoms with Gasteiger partial charge in [-0.3, -0.25) is 4.98 Å². The van der Waals surface area contributed by atoms with E-state index in [4.69, 9.17) is 4.42 Å². The first-order chi connectivity index (χ1) is 12.6. The van der Waals surface area contributed by atoms with Gasteiger partial charge in [0.1, 0.15) is 5.52 Å². The van der Waals surface area contributed by atoms with Crippen molar-refractivity contribution in [3.05, 3.63) is 78.9 Å². The van der Waals surface area contributed by atoms with Crippen molar-refractivity contribution in [2.24, 2.45) is 0 Å². The minimum atomic E-state index is -3.58. The lowest BCUT2D eigenvalue weighted by Crippen LogP contribution is -2.23. The highest BCUT2D eigenvalue weighted by molar-refractivity contribution is 7.89. The molecule has 0 atom stereocenters. The zero-order valence-electron chi connectivity index (χ0n) is 13.7. The summed E-state index contributed by atoms with van der Waals surface area (Å²) in [4.78, 5) is 8.22. The summed E-state index contributed by atoms with van der Waals surface area (Å²) >= 11 is 0. The highest BCUT2D eigenvalue weighted by Crippen LogP contribution is 2.25. The Morgan fingerprint density at radius 1 is 0.923 bits per heavy atom. The number of rotatable bonds is 5. The normalized spacial score (nSPS) is 11.7. The maximum atomic E-state index is 12.4. The molecule has 4 aromatic rings. The molecule has 0 aliphatic rings. The van der Waals surface area contributed by atoms with E-state index in [-0.39, 0.29) is 11.4 Å². The lowest BCUT2D eigenvalue weighted by Gasteiger charge is -2.08. The largest absolute Gasteiger partial charge is 0.443 e. The molecule has 0 radical (unpaired) electrons. The van der Waals surface area contributed by atoms with E-state index in [0.29, 0.717) is 5.58 Å². The molecule has 6 nitrogen and oxygen atoms in total. The average molecular weight is 365 g/mol. The number of benzene rings is 2. The third kappa shape index (κ3) is 3.35. The first kappa shape index (κ1) is 16.4. The molecule has 0 saturated heterocycles. The number of sulfonamides is 1. The summed E-state index contributed by atoms with van der Waals surface area (Å²) in [7, 11) is -3.58. The van der Waals surface area contributed by atoms with Gasteiger partial charge in [-0.25, -0.2) is 18.1 Å². The average Bonchev–Trinajstić information content (AvgIpc) is 3.15. The van der Waals surface area contributed by atoms with Gasteiger partial charge in [0.25, 0.3) is 0 Å². The van der Waals surface area contributed by atoms with Gasteiger partial charge in [-0.2, -0.15) is 0 Å². The number of aromatic nitrogens is 2. The van der Waals surface area contributed by atoms with Crippen LogP contribution in [-0.4, -0.2) is 18.4 Å². The molecule has 7 heteroatoms. The van der Waals surface area contributed by atoms with Crippen LogP contribution < -0.4 is 4.72 Å². The minimum Gasteiger partial charge on any atom is -0.443 e. The van der Waals surface area contributed by atoms with Gasteiger partial charge in [-0.05, 0) is 53.1 Å². The highest BCUT2D eigenvalue weighted by atomic mass is 32.2. The zero-order chi connectivity index (χ0) is 18.0. The topological polar surface area (TPSA) is 85.1 Å². The second-order valence-electron chi connectivity index (χ2n) is 5.74. The molecule has 2 aromatic carbocycles. The van der Waals surface area contributed by atoms with E-state index >= 15 is 0 Å². The number of nitrogens with zero attached hydrogens (tertiary/aromatic N) is 2. The van der Waals surface area contributed by atoms with Crippen molar-refractivity contribution in [3.8, 4) is 11.1 Å². The fraction of sp³-hybridized carbons (Fsp3) is 0.0526. The maximum Gasteiger partial charge on any atom is 0.240 e. The van der Waals surface area contributed by atoms with Crippen LogP contribution in [0.1, 0.15) is 5.56 Å². The Bertz CT molecular complexity index is 1140. The Morgan fingerprint density at radius 2 is 1.65 bits per heavy atom. The summed E-state index contributed by atoms with van der Waals surface area (Å²) < 4.78 is 32.8. The molecule has 0 unspecified atom stereocenters. The first-order valence-corrected chi connectivity index (χ1v) is 9.42. The van der Waals surface area contributed by atoms with Crippen LogP contribution >= 0.6 is 0 Å². The SMILES string of the molecule is O=S(=O)(NCc1ccncc1)c1ccc(-c2ccc3ncoc3c2)cc1. The third-order valence-corrected chi connectivity index (χ3v) is 5.46. The second kappa shape index (κ2) is 6.70. The molecule has 0 spiro atoms. The van der Waals surface area contributed by atoms with Gasteiger partial charge in [0.05, 0.1) is 4.90 Å². The molecule has 2 heterocycles. The van der Waals surface area contributed by atoms with Gasteiger partial charge >= 0.3 is 0 Å². The van der Waals surface area contributed by atoms with E-state index in [9.17, 15) is 8.42 Å². The predicted molar refractivity (Wildman–Crippen MR) is 97.7 cm³/mol.